The number of nitrogens with one attached hydrogen (secondary N) is 2. The van der Waals surface area contributed by atoms with Gasteiger partial charge in [-0.1, -0.05) is 29.8 Å². The third kappa shape index (κ3) is 8.08. The minimum atomic E-state index is -4.76. The number of alkyl halides is 6. The van der Waals surface area contributed by atoms with Gasteiger partial charge in [0.05, 0.1) is 17.9 Å². The molecule has 1 fully saturated rings. The van der Waals surface area contributed by atoms with Gasteiger partial charge in [-0.3, -0.25) is 14.4 Å². The average molecular weight is 619 g/mol. The minimum Gasteiger partial charge on any atom is -0.369 e. The van der Waals surface area contributed by atoms with Crippen molar-refractivity contribution in [2.24, 2.45) is 17.6 Å². The Morgan fingerprint density at radius 3 is 2.19 bits per heavy atom. The van der Waals surface area contributed by atoms with Gasteiger partial charge in [-0.2, -0.15) is 26.3 Å². The highest BCUT2D eigenvalue weighted by Gasteiger charge is 2.41. The lowest BCUT2D eigenvalue weighted by atomic mass is 9.83. The normalized spacial score (nSPS) is 18.9. The van der Waals surface area contributed by atoms with Crippen LogP contribution < -0.4 is 21.3 Å². The molecule has 3 unspecified atom stereocenters. The average Bonchev–Trinajstić information content (AvgIpc) is 3.73. The van der Waals surface area contributed by atoms with E-state index in [1.165, 1.54) is 0 Å². The fourth-order valence-corrected chi connectivity index (χ4v) is 5.39. The summed E-state index contributed by atoms with van der Waals surface area (Å²) in [6.45, 7) is -0.186. The van der Waals surface area contributed by atoms with Gasteiger partial charge in [-0.05, 0) is 61.4 Å². The van der Waals surface area contributed by atoms with Crippen LogP contribution in [0.15, 0.2) is 42.5 Å². The molecule has 0 aromatic heterocycles. The summed E-state index contributed by atoms with van der Waals surface area (Å²) in [6.07, 6.45) is -12.7. The van der Waals surface area contributed by atoms with Gasteiger partial charge in [-0.25, -0.2) is 0 Å². The third-order valence-electron chi connectivity index (χ3n) is 7.41. The monoisotopic (exact) mass is 618 g/mol. The predicted molar refractivity (Wildman–Crippen MR) is 144 cm³/mol. The van der Waals surface area contributed by atoms with E-state index in [0.717, 1.165) is 18.4 Å². The first-order chi connectivity index (χ1) is 19.6. The molecule has 4 N–H and O–H groups in total. The third-order valence-corrected chi connectivity index (χ3v) is 7.65. The van der Waals surface area contributed by atoms with Crippen LogP contribution in [0.1, 0.15) is 50.0 Å². The number of nitrogens with two attached hydrogens (primary N) is 1. The number of primary amides is 1. The smallest absolute Gasteiger partial charge is 0.369 e. The van der Waals surface area contributed by atoms with Crippen LogP contribution >= 0.6 is 11.6 Å². The molecule has 0 radical (unpaired) electrons. The van der Waals surface area contributed by atoms with E-state index in [1.54, 1.807) is 35.2 Å². The summed E-state index contributed by atoms with van der Waals surface area (Å²) in [5, 5.41) is 5.62. The summed E-state index contributed by atoms with van der Waals surface area (Å²) in [6, 6.07) is 10.8. The lowest BCUT2D eigenvalue weighted by molar-refractivity contribution is -0.152. The van der Waals surface area contributed by atoms with E-state index < -0.39 is 73.6 Å². The van der Waals surface area contributed by atoms with Crippen molar-refractivity contribution in [3.05, 3.63) is 53.1 Å². The van der Waals surface area contributed by atoms with E-state index in [1.807, 2.05) is 12.1 Å². The van der Waals surface area contributed by atoms with Gasteiger partial charge >= 0.3 is 12.4 Å². The van der Waals surface area contributed by atoms with E-state index in [2.05, 4.69) is 10.6 Å². The highest BCUT2D eigenvalue weighted by Crippen LogP contribution is 2.48. The number of rotatable bonds is 10. The fourth-order valence-electron chi connectivity index (χ4n) is 5.20. The maximum absolute atomic E-state index is 13.5. The quantitative estimate of drug-likeness (QED) is 0.276. The minimum absolute atomic E-state index is 0.186. The van der Waals surface area contributed by atoms with Gasteiger partial charge in [-0.15, -0.1) is 0 Å². The van der Waals surface area contributed by atoms with Crippen molar-refractivity contribution in [1.29, 1.82) is 0 Å². The number of fused-ring (bicyclic) bond motifs is 1. The van der Waals surface area contributed by atoms with Crippen LogP contribution in [0.5, 0.6) is 0 Å². The maximum atomic E-state index is 13.5. The van der Waals surface area contributed by atoms with E-state index >= 15 is 0 Å². The Bertz CT molecular complexity index is 1330. The highest BCUT2D eigenvalue weighted by atomic mass is 35.5. The Morgan fingerprint density at radius 2 is 1.62 bits per heavy atom. The van der Waals surface area contributed by atoms with Crippen molar-refractivity contribution < 1.29 is 40.7 Å². The standard InChI is InChI=1S/C28H29ClF6N4O3/c29-16-3-1-4-17(13-16)39-14-21(26(42)38-23-18(15-7-8-15)5-2-6-22(23)39)37-25(41)20(10-12-28(33,34)35)19(24(36)40)9-11-27(30,31)32/h1-6,13,15,19-21H,7-12,14H2,(H2,36,40)(H,37,41)(H,38,42). The van der Waals surface area contributed by atoms with Gasteiger partial charge in [0.15, 0.2) is 0 Å². The molecular formula is C28H29ClF6N4O3. The number of anilines is 3. The number of carbonyl (C=O) groups excluding carboxylic acids is 3. The first-order valence-corrected chi connectivity index (χ1v) is 13.7. The zero-order chi connectivity index (χ0) is 30.8. The van der Waals surface area contributed by atoms with Gasteiger partial charge in [0.2, 0.25) is 17.7 Å². The number of amides is 3. The molecule has 2 aromatic carbocycles. The van der Waals surface area contributed by atoms with E-state index in [-0.39, 0.29) is 12.5 Å². The van der Waals surface area contributed by atoms with Gasteiger partial charge in [0.1, 0.15) is 6.04 Å². The summed E-state index contributed by atoms with van der Waals surface area (Å²) in [4.78, 5) is 40.7. The molecule has 0 saturated heterocycles. The van der Waals surface area contributed by atoms with Crippen LogP contribution in [-0.2, 0) is 14.4 Å². The second-order valence-electron chi connectivity index (χ2n) is 10.6. The van der Waals surface area contributed by atoms with Crippen molar-refractivity contribution in [1.82, 2.24) is 5.32 Å². The molecule has 1 heterocycles. The second-order valence-corrected chi connectivity index (χ2v) is 11.0. The van der Waals surface area contributed by atoms with Crippen molar-refractivity contribution >= 4 is 46.4 Å². The van der Waals surface area contributed by atoms with Crippen molar-refractivity contribution in [2.75, 3.05) is 16.8 Å². The number of hydrogen-bond acceptors (Lipinski definition) is 4. The van der Waals surface area contributed by atoms with Crippen molar-refractivity contribution in [3.8, 4) is 0 Å². The molecule has 4 rings (SSSR count). The summed E-state index contributed by atoms with van der Waals surface area (Å²) in [5.74, 6) is -6.68. The lowest BCUT2D eigenvalue weighted by Crippen LogP contribution is -2.52. The Kier molecular flexibility index (Phi) is 9.29. The van der Waals surface area contributed by atoms with E-state index in [4.69, 9.17) is 17.3 Å². The molecule has 1 aliphatic heterocycles. The number of halogens is 7. The van der Waals surface area contributed by atoms with E-state index in [0.29, 0.717) is 22.1 Å². The predicted octanol–water partition coefficient (Wildman–Crippen LogP) is 6.20. The molecule has 1 saturated carbocycles. The van der Waals surface area contributed by atoms with E-state index in [9.17, 15) is 40.7 Å². The number of nitrogens with zero attached hydrogens (tertiary/aromatic N) is 1. The first kappa shape index (κ1) is 31.5. The molecule has 2 aliphatic rings. The van der Waals surface area contributed by atoms with Crippen LogP contribution in [0.2, 0.25) is 5.02 Å². The summed E-state index contributed by atoms with van der Waals surface area (Å²) < 4.78 is 78.2. The van der Waals surface area contributed by atoms with Crippen molar-refractivity contribution in [3.63, 3.8) is 0 Å². The Hall–Kier alpha value is -3.48. The van der Waals surface area contributed by atoms with Crippen molar-refractivity contribution in [2.45, 2.75) is 62.8 Å². The van der Waals surface area contributed by atoms with Crippen LogP contribution in [0, 0.1) is 11.8 Å². The van der Waals surface area contributed by atoms with Crippen LogP contribution in [0.4, 0.5) is 43.4 Å². The summed E-state index contributed by atoms with van der Waals surface area (Å²) >= 11 is 6.22. The molecule has 228 valence electrons. The SMILES string of the molecule is NC(=O)C(CCC(F)(F)F)C(CCC(F)(F)F)C(=O)NC1CN(c2cccc(Cl)c2)c2cccc(C3CC3)c2NC1=O. The summed E-state index contributed by atoms with van der Waals surface area (Å²) in [5.41, 5.74) is 7.83. The number of benzene rings is 2. The molecule has 42 heavy (non-hydrogen) atoms. The zero-order valence-corrected chi connectivity index (χ0v) is 23.0. The zero-order valence-electron chi connectivity index (χ0n) is 22.2. The summed E-state index contributed by atoms with van der Waals surface area (Å²) in [7, 11) is 0. The van der Waals surface area contributed by atoms with Crippen LogP contribution in [0.3, 0.4) is 0 Å². The number of carbonyl (C=O) groups is 3. The molecule has 7 nitrogen and oxygen atoms in total. The second kappa shape index (κ2) is 12.4. The number of hydrogen-bond donors (Lipinski definition) is 3. The van der Waals surface area contributed by atoms with Gasteiger partial charge in [0.25, 0.3) is 0 Å². The molecule has 14 heteroatoms. The number of para-hydroxylation sites is 1. The molecule has 0 bridgehead atoms. The van der Waals surface area contributed by atoms with Gasteiger partial charge < -0.3 is 21.3 Å². The fraction of sp³-hybridized carbons (Fsp3) is 0.464. The molecular weight excluding hydrogens is 590 g/mol. The molecule has 3 amide bonds. The molecule has 2 aromatic rings. The maximum Gasteiger partial charge on any atom is 0.389 e. The Balaban J connectivity index is 1.67. The molecule has 0 spiro atoms. The topological polar surface area (TPSA) is 105 Å². The Labute approximate surface area is 242 Å². The largest absolute Gasteiger partial charge is 0.389 e. The van der Waals surface area contributed by atoms with Gasteiger partial charge in [0, 0.05) is 35.4 Å². The molecule has 1 aliphatic carbocycles. The first-order valence-electron chi connectivity index (χ1n) is 13.3. The highest BCUT2D eigenvalue weighted by molar-refractivity contribution is 6.30. The van der Waals surface area contributed by atoms with Crippen LogP contribution in [-0.4, -0.2) is 42.7 Å². The molecule has 3 atom stereocenters. The van der Waals surface area contributed by atoms with Crippen LogP contribution in [0.25, 0.3) is 0 Å². The lowest BCUT2D eigenvalue weighted by Gasteiger charge is -2.30. The Morgan fingerprint density at radius 1 is 1.00 bits per heavy atom.